The zero-order chi connectivity index (χ0) is 12.5. The number of hydrogen-bond acceptors (Lipinski definition) is 4. The van der Waals surface area contributed by atoms with Gasteiger partial charge >= 0.3 is 0 Å². The zero-order valence-corrected chi connectivity index (χ0v) is 10.8. The summed E-state index contributed by atoms with van der Waals surface area (Å²) in [7, 11) is 0. The second-order valence-corrected chi connectivity index (χ2v) is 5.04. The fourth-order valence-corrected chi connectivity index (χ4v) is 2.53. The van der Waals surface area contributed by atoms with E-state index >= 15 is 0 Å². The first-order valence-corrected chi connectivity index (χ1v) is 6.27. The molecule has 0 radical (unpaired) electrons. The van der Waals surface area contributed by atoms with Gasteiger partial charge in [-0.05, 0) is 20.3 Å². The van der Waals surface area contributed by atoms with E-state index in [0.29, 0.717) is 13.2 Å². The summed E-state index contributed by atoms with van der Waals surface area (Å²) in [4.78, 5) is 0. The van der Waals surface area contributed by atoms with Gasteiger partial charge in [0.25, 0.3) is 0 Å². The number of ether oxygens (including phenoxy) is 4. The fourth-order valence-electron chi connectivity index (χ4n) is 2.53. The molecule has 0 spiro atoms. The average molecular weight is 242 g/mol. The molecule has 0 aromatic carbocycles. The third kappa shape index (κ3) is 2.71. The van der Waals surface area contributed by atoms with Crippen molar-refractivity contribution in [3.8, 4) is 0 Å². The molecule has 0 N–H and O–H groups in total. The van der Waals surface area contributed by atoms with Gasteiger partial charge in [0.1, 0.15) is 6.10 Å². The van der Waals surface area contributed by atoms with E-state index in [1.807, 2.05) is 13.8 Å². The van der Waals surface area contributed by atoms with Crippen LogP contribution in [0, 0.1) is 5.92 Å². The van der Waals surface area contributed by atoms with Crippen LogP contribution in [0.25, 0.3) is 0 Å². The molecular weight excluding hydrogens is 220 g/mol. The van der Waals surface area contributed by atoms with Crippen LogP contribution in [0.3, 0.4) is 0 Å². The molecule has 2 rings (SSSR count). The van der Waals surface area contributed by atoms with Crippen molar-refractivity contribution in [3.05, 3.63) is 12.7 Å². The predicted molar refractivity (Wildman–Crippen MR) is 63.5 cm³/mol. The van der Waals surface area contributed by atoms with Crippen LogP contribution < -0.4 is 0 Å². The Labute approximate surface area is 103 Å². The van der Waals surface area contributed by atoms with Gasteiger partial charge < -0.3 is 18.9 Å². The Hall–Kier alpha value is -0.420. The SMILES string of the molecule is C=CCOC[C@H]1[C@H]2OC(C)(C)O[C@H]2O[C@@H]1CC. The van der Waals surface area contributed by atoms with Crippen LogP contribution >= 0.6 is 0 Å². The van der Waals surface area contributed by atoms with Crippen molar-refractivity contribution in [2.24, 2.45) is 5.92 Å². The summed E-state index contributed by atoms with van der Waals surface area (Å²) in [5.74, 6) is -0.309. The van der Waals surface area contributed by atoms with Crippen LogP contribution in [0.15, 0.2) is 12.7 Å². The predicted octanol–water partition coefficient (Wildman–Crippen LogP) is 2.09. The Morgan fingerprint density at radius 3 is 2.76 bits per heavy atom. The lowest BCUT2D eigenvalue weighted by Crippen LogP contribution is -2.33. The summed E-state index contributed by atoms with van der Waals surface area (Å²) in [5.41, 5.74) is 0. The molecule has 0 unspecified atom stereocenters. The van der Waals surface area contributed by atoms with Gasteiger partial charge in [0, 0.05) is 5.92 Å². The molecule has 0 aromatic rings. The Morgan fingerprint density at radius 2 is 2.12 bits per heavy atom. The molecule has 4 atom stereocenters. The maximum absolute atomic E-state index is 5.90. The van der Waals surface area contributed by atoms with Crippen LogP contribution in [-0.4, -0.2) is 37.5 Å². The first kappa shape index (κ1) is 13.0. The summed E-state index contributed by atoms with van der Waals surface area (Å²) in [5, 5.41) is 0. The zero-order valence-electron chi connectivity index (χ0n) is 10.8. The molecule has 2 heterocycles. The van der Waals surface area contributed by atoms with Crippen molar-refractivity contribution < 1.29 is 18.9 Å². The number of hydrogen-bond donors (Lipinski definition) is 0. The van der Waals surface area contributed by atoms with Crippen molar-refractivity contribution in [3.63, 3.8) is 0 Å². The fraction of sp³-hybridized carbons (Fsp3) is 0.846. The normalized spacial score (nSPS) is 39.2. The van der Waals surface area contributed by atoms with Gasteiger partial charge in [-0.1, -0.05) is 13.0 Å². The Bertz CT molecular complexity index is 277. The number of rotatable bonds is 5. The summed E-state index contributed by atoms with van der Waals surface area (Å²) in [6.07, 6.45) is 2.60. The minimum absolute atomic E-state index is 0.0141. The summed E-state index contributed by atoms with van der Waals surface area (Å²) in [6, 6.07) is 0. The van der Waals surface area contributed by atoms with E-state index in [9.17, 15) is 0 Å². The van der Waals surface area contributed by atoms with Crippen LogP contribution in [0.1, 0.15) is 27.2 Å². The third-order valence-electron chi connectivity index (χ3n) is 3.24. The molecule has 2 fully saturated rings. The highest BCUT2D eigenvalue weighted by molar-refractivity contribution is 4.92. The highest BCUT2D eigenvalue weighted by atomic mass is 16.8. The standard InChI is InChI=1S/C13H22O4/c1-5-7-14-8-9-10(6-2)15-12-11(9)16-13(3,4)17-12/h5,9-12H,1,6-8H2,2-4H3/t9-,10-,11-,12-/m1/s1. The molecule has 4 nitrogen and oxygen atoms in total. The highest BCUT2D eigenvalue weighted by Crippen LogP contribution is 2.41. The van der Waals surface area contributed by atoms with E-state index in [4.69, 9.17) is 18.9 Å². The van der Waals surface area contributed by atoms with Gasteiger partial charge in [0.2, 0.25) is 0 Å². The van der Waals surface area contributed by atoms with E-state index in [2.05, 4.69) is 13.5 Å². The van der Waals surface area contributed by atoms with E-state index in [-0.39, 0.29) is 24.4 Å². The molecule has 4 heteroatoms. The lowest BCUT2D eigenvalue weighted by atomic mass is 9.98. The maximum atomic E-state index is 5.90. The van der Waals surface area contributed by atoms with Gasteiger partial charge in [-0.15, -0.1) is 6.58 Å². The molecular formula is C13H22O4. The van der Waals surface area contributed by atoms with Crippen molar-refractivity contribution in [2.45, 2.75) is 51.5 Å². The van der Waals surface area contributed by atoms with Gasteiger partial charge in [0.15, 0.2) is 12.1 Å². The molecule has 0 aliphatic carbocycles. The van der Waals surface area contributed by atoms with Gasteiger partial charge in [-0.25, -0.2) is 0 Å². The molecule has 2 saturated heterocycles. The van der Waals surface area contributed by atoms with Crippen LogP contribution in [0.2, 0.25) is 0 Å². The molecule has 0 saturated carbocycles. The van der Waals surface area contributed by atoms with Crippen molar-refractivity contribution in [1.82, 2.24) is 0 Å². The second-order valence-electron chi connectivity index (χ2n) is 5.04. The number of fused-ring (bicyclic) bond motifs is 1. The van der Waals surface area contributed by atoms with Crippen LogP contribution in [0.4, 0.5) is 0 Å². The summed E-state index contributed by atoms with van der Waals surface area (Å²) in [6.45, 7) is 10.8. The molecule has 17 heavy (non-hydrogen) atoms. The lowest BCUT2D eigenvalue weighted by molar-refractivity contribution is -0.212. The van der Waals surface area contributed by atoms with E-state index in [1.165, 1.54) is 0 Å². The molecule has 0 bridgehead atoms. The topological polar surface area (TPSA) is 36.9 Å². The Balaban J connectivity index is 1.97. The summed E-state index contributed by atoms with van der Waals surface area (Å²) >= 11 is 0. The Kier molecular flexibility index (Phi) is 3.88. The highest BCUT2D eigenvalue weighted by Gasteiger charge is 2.53. The molecule has 2 aliphatic rings. The monoisotopic (exact) mass is 242 g/mol. The minimum Gasteiger partial charge on any atom is -0.377 e. The van der Waals surface area contributed by atoms with Crippen molar-refractivity contribution in [1.29, 1.82) is 0 Å². The second kappa shape index (κ2) is 5.06. The largest absolute Gasteiger partial charge is 0.377 e. The molecule has 0 aromatic heterocycles. The van der Waals surface area contributed by atoms with Crippen molar-refractivity contribution in [2.75, 3.05) is 13.2 Å². The first-order chi connectivity index (χ1) is 8.07. The lowest BCUT2D eigenvalue weighted by Gasteiger charge is -2.24. The van der Waals surface area contributed by atoms with Gasteiger partial charge in [-0.2, -0.15) is 0 Å². The smallest absolute Gasteiger partial charge is 0.187 e. The first-order valence-electron chi connectivity index (χ1n) is 6.27. The molecule has 2 aliphatic heterocycles. The Morgan fingerprint density at radius 1 is 1.35 bits per heavy atom. The summed E-state index contributed by atoms with van der Waals surface area (Å²) < 4.78 is 23.0. The average Bonchev–Trinajstić information content (AvgIpc) is 2.72. The van der Waals surface area contributed by atoms with E-state index in [1.54, 1.807) is 6.08 Å². The van der Waals surface area contributed by atoms with Crippen molar-refractivity contribution >= 4 is 0 Å². The maximum Gasteiger partial charge on any atom is 0.187 e. The van der Waals surface area contributed by atoms with E-state index in [0.717, 1.165) is 6.42 Å². The minimum atomic E-state index is -0.551. The van der Waals surface area contributed by atoms with Crippen LogP contribution in [0.5, 0.6) is 0 Å². The molecule has 0 amide bonds. The quantitative estimate of drug-likeness (QED) is 0.546. The molecule has 98 valence electrons. The van der Waals surface area contributed by atoms with Gasteiger partial charge in [0.05, 0.1) is 19.3 Å². The van der Waals surface area contributed by atoms with Crippen LogP contribution in [-0.2, 0) is 18.9 Å². The van der Waals surface area contributed by atoms with Gasteiger partial charge in [-0.3, -0.25) is 0 Å². The van der Waals surface area contributed by atoms with E-state index < -0.39 is 5.79 Å². The third-order valence-corrected chi connectivity index (χ3v) is 3.24.